The number of methoxy groups -OCH3 is 1. The normalized spacial score (nSPS) is 12.6. The first-order valence-electron chi connectivity index (χ1n) is 2.29. The second-order valence-corrected chi connectivity index (χ2v) is 1.41. The van der Waals surface area contributed by atoms with E-state index in [0.717, 1.165) is 7.11 Å². The second kappa shape index (κ2) is 3.72. The minimum atomic E-state index is -4.41. The van der Waals surface area contributed by atoms with Gasteiger partial charge < -0.3 is 4.74 Å². The van der Waals surface area contributed by atoms with E-state index in [1.807, 2.05) is 0 Å². The fraction of sp³-hybridized carbons (Fsp3) is 1.00. The number of hydrogen-bond acceptors (Lipinski definition) is 2. The lowest BCUT2D eigenvalue weighted by Crippen LogP contribution is -2.30. The summed E-state index contributed by atoms with van der Waals surface area (Å²) in [6.07, 6.45) is -8.22. The molecule has 2 nitrogen and oxygen atoms in total. The molecule has 0 radical (unpaired) electrons. The molecular weight excluding hydrogens is 156 g/mol. The standard InChI is InChI=1S/C4H6F4O2/c1-9-2-10-4(7,8)3(5)6/h3H,2H2,1H3. The van der Waals surface area contributed by atoms with Crippen molar-refractivity contribution >= 4 is 0 Å². The molecule has 0 aliphatic heterocycles. The summed E-state index contributed by atoms with van der Waals surface area (Å²) >= 11 is 0. The van der Waals surface area contributed by atoms with Crippen molar-refractivity contribution in [1.29, 1.82) is 0 Å². The number of rotatable bonds is 4. The number of alkyl halides is 4. The Balaban J connectivity index is 3.63. The van der Waals surface area contributed by atoms with Crippen molar-refractivity contribution in [3.8, 4) is 0 Å². The summed E-state index contributed by atoms with van der Waals surface area (Å²) in [5, 5.41) is 0. The molecule has 62 valence electrons. The highest BCUT2D eigenvalue weighted by Crippen LogP contribution is 2.23. The summed E-state index contributed by atoms with van der Waals surface area (Å²) in [7, 11) is 1.06. The van der Waals surface area contributed by atoms with Crippen LogP contribution in [0.5, 0.6) is 0 Å². The van der Waals surface area contributed by atoms with Gasteiger partial charge in [-0.25, -0.2) is 8.78 Å². The first-order valence-corrected chi connectivity index (χ1v) is 2.29. The topological polar surface area (TPSA) is 18.5 Å². The van der Waals surface area contributed by atoms with Crippen LogP contribution in [0.25, 0.3) is 0 Å². The van der Waals surface area contributed by atoms with Gasteiger partial charge in [-0.05, 0) is 0 Å². The van der Waals surface area contributed by atoms with Crippen LogP contribution in [0.15, 0.2) is 0 Å². The molecule has 0 rings (SSSR count). The maximum Gasteiger partial charge on any atom is 0.418 e. The minimum absolute atomic E-state index is 0.850. The molecule has 0 amide bonds. The Hall–Kier alpha value is -0.360. The predicted molar refractivity (Wildman–Crippen MR) is 23.9 cm³/mol. The van der Waals surface area contributed by atoms with E-state index in [1.54, 1.807) is 0 Å². The van der Waals surface area contributed by atoms with Crippen LogP contribution < -0.4 is 0 Å². The Morgan fingerprint density at radius 2 is 1.90 bits per heavy atom. The van der Waals surface area contributed by atoms with Gasteiger partial charge in [-0.1, -0.05) is 0 Å². The molecule has 0 saturated heterocycles. The van der Waals surface area contributed by atoms with Gasteiger partial charge in [0, 0.05) is 7.11 Å². The monoisotopic (exact) mass is 162 g/mol. The third-order valence-electron chi connectivity index (χ3n) is 0.623. The molecule has 0 atom stereocenters. The molecule has 0 unspecified atom stereocenters. The fourth-order valence-electron chi connectivity index (χ4n) is 0.200. The van der Waals surface area contributed by atoms with E-state index >= 15 is 0 Å². The summed E-state index contributed by atoms with van der Waals surface area (Å²) < 4.78 is 53.1. The van der Waals surface area contributed by atoms with Crippen LogP contribution in [-0.2, 0) is 9.47 Å². The van der Waals surface area contributed by atoms with Crippen LogP contribution in [0.2, 0.25) is 0 Å². The number of halogens is 4. The molecule has 0 aliphatic rings. The van der Waals surface area contributed by atoms with Crippen LogP contribution in [-0.4, -0.2) is 26.4 Å². The average Bonchev–Trinajstić information content (AvgIpc) is 1.84. The second-order valence-electron chi connectivity index (χ2n) is 1.41. The highest BCUT2D eigenvalue weighted by atomic mass is 19.3. The first kappa shape index (κ1) is 9.64. The minimum Gasteiger partial charge on any atom is -0.358 e. The molecule has 0 fully saturated rings. The van der Waals surface area contributed by atoms with Gasteiger partial charge in [0.2, 0.25) is 0 Å². The SMILES string of the molecule is COCOC(F)(F)C(F)F. The quantitative estimate of drug-likeness (QED) is 0.460. The van der Waals surface area contributed by atoms with E-state index in [0.29, 0.717) is 0 Å². The fourth-order valence-corrected chi connectivity index (χ4v) is 0.200. The van der Waals surface area contributed by atoms with Crippen LogP contribution in [0.4, 0.5) is 17.6 Å². The van der Waals surface area contributed by atoms with Crippen LogP contribution in [0.1, 0.15) is 0 Å². The molecule has 0 heterocycles. The Morgan fingerprint density at radius 3 is 2.20 bits per heavy atom. The average molecular weight is 162 g/mol. The van der Waals surface area contributed by atoms with Gasteiger partial charge in [-0.3, -0.25) is 4.74 Å². The van der Waals surface area contributed by atoms with Crippen molar-refractivity contribution < 1.29 is 27.0 Å². The number of hydrogen-bond donors (Lipinski definition) is 0. The maximum atomic E-state index is 11.7. The van der Waals surface area contributed by atoms with Gasteiger partial charge in [-0.15, -0.1) is 0 Å². The van der Waals surface area contributed by atoms with Crippen LogP contribution in [0.3, 0.4) is 0 Å². The van der Waals surface area contributed by atoms with Crippen LogP contribution >= 0.6 is 0 Å². The Bertz CT molecular complexity index is 95.3. The molecule has 0 saturated carbocycles. The molecule has 0 bridgehead atoms. The molecule has 0 N–H and O–H groups in total. The maximum absolute atomic E-state index is 11.7. The molecule has 0 aromatic heterocycles. The molecule has 0 aromatic carbocycles. The zero-order valence-electron chi connectivity index (χ0n) is 5.11. The smallest absolute Gasteiger partial charge is 0.358 e. The molecule has 0 aliphatic carbocycles. The van der Waals surface area contributed by atoms with Gasteiger partial charge in [0.15, 0.2) is 6.79 Å². The van der Waals surface area contributed by atoms with Crippen molar-refractivity contribution in [2.75, 3.05) is 13.9 Å². The van der Waals surface area contributed by atoms with Gasteiger partial charge in [0.25, 0.3) is 0 Å². The van der Waals surface area contributed by atoms with E-state index in [-0.39, 0.29) is 0 Å². The first-order chi connectivity index (χ1) is 4.50. The van der Waals surface area contributed by atoms with Gasteiger partial charge in [0.1, 0.15) is 0 Å². The van der Waals surface area contributed by atoms with Crippen molar-refractivity contribution in [2.45, 2.75) is 12.5 Å². The Labute approximate surface area is 54.7 Å². The predicted octanol–water partition coefficient (Wildman–Crippen LogP) is 1.46. The van der Waals surface area contributed by atoms with Crippen molar-refractivity contribution in [1.82, 2.24) is 0 Å². The molecular formula is C4H6F4O2. The largest absolute Gasteiger partial charge is 0.418 e. The van der Waals surface area contributed by atoms with Crippen LogP contribution in [0, 0.1) is 0 Å². The highest BCUT2D eigenvalue weighted by Gasteiger charge is 2.42. The lowest BCUT2D eigenvalue weighted by atomic mass is 10.7. The summed E-state index contributed by atoms with van der Waals surface area (Å²) in [5.74, 6) is 0. The van der Waals surface area contributed by atoms with Crippen molar-refractivity contribution in [2.24, 2.45) is 0 Å². The molecule has 0 aromatic rings. The third-order valence-corrected chi connectivity index (χ3v) is 0.623. The van der Waals surface area contributed by atoms with Gasteiger partial charge in [-0.2, -0.15) is 8.78 Å². The Kier molecular flexibility index (Phi) is 3.59. The van der Waals surface area contributed by atoms with Gasteiger partial charge >= 0.3 is 12.5 Å². The van der Waals surface area contributed by atoms with E-state index in [1.165, 1.54) is 0 Å². The summed E-state index contributed by atoms with van der Waals surface area (Å²) in [6, 6.07) is 0. The molecule has 10 heavy (non-hydrogen) atoms. The summed E-state index contributed by atoms with van der Waals surface area (Å²) in [6.45, 7) is -0.850. The van der Waals surface area contributed by atoms with Crippen molar-refractivity contribution in [3.05, 3.63) is 0 Å². The summed E-state index contributed by atoms with van der Waals surface area (Å²) in [5.41, 5.74) is 0. The lowest BCUT2D eigenvalue weighted by molar-refractivity contribution is -0.323. The molecule has 6 heteroatoms. The summed E-state index contributed by atoms with van der Waals surface area (Å²) in [4.78, 5) is 0. The van der Waals surface area contributed by atoms with Crippen molar-refractivity contribution in [3.63, 3.8) is 0 Å². The van der Waals surface area contributed by atoms with E-state index in [4.69, 9.17) is 0 Å². The Morgan fingerprint density at radius 1 is 1.40 bits per heavy atom. The third kappa shape index (κ3) is 2.98. The van der Waals surface area contributed by atoms with Gasteiger partial charge in [0.05, 0.1) is 0 Å². The van der Waals surface area contributed by atoms with E-state index in [9.17, 15) is 17.6 Å². The zero-order chi connectivity index (χ0) is 8.20. The zero-order valence-corrected chi connectivity index (χ0v) is 5.11. The lowest BCUT2D eigenvalue weighted by Gasteiger charge is -2.13. The molecule has 0 spiro atoms. The van der Waals surface area contributed by atoms with E-state index < -0.39 is 19.3 Å². The van der Waals surface area contributed by atoms with E-state index in [2.05, 4.69) is 9.47 Å². The highest BCUT2D eigenvalue weighted by molar-refractivity contribution is 4.52. The number of ether oxygens (including phenoxy) is 2.